The highest BCUT2D eigenvalue weighted by molar-refractivity contribution is 8.15. The third-order valence-corrected chi connectivity index (χ3v) is 7.12. The third-order valence-electron chi connectivity index (χ3n) is 6.02. The maximum atomic E-state index is 12.7. The fraction of sp³-hybridized carbons (Fsp3) is 0.240. The number of amides is 2. The van der Waals surface area contributed by atoms with E-state index in [0.717, 1.165) is 22.9 Å². The van der Waals surface area contributed by atoms with Crippen LogP contribution in [-0.4, -0.2) is 49.5 Å². The van der Waals surface area contributed by atoms with Gasteiger partial charge in [-0.3, -0.25) is 24.4 Å². The van der Waals surface area contributed by atoms with Crippen LogP contribution < -0.4 is 26.6 Å². The van der Waals surface area contributed by atoms with E-state index in [1.165, 1.54) is 25.3 Å². The van der Waals surface area contributed by atoms with Crippen molar-refractivity contribution in [2.45, 2.75) is 31.6 Å². The summed E-state index contributed by atoms with van der Waals surface area (Å²) in [5.74, 6) is -1.61. The van der Waals surface area contributed by atoms with Crippen LogP contribution >= 0.6 is 11.8 Å². The van der Waals surface area contributed by atoms with Crippen molar-refractivity contribution < 1.29 is 24.5 Å². The maximum absolute atomic E-state index is 12.7. The van der Waals surface area contributed by atoms with Crippen molar-refractivity contribution in [2.24, 2.45) is 4.99 Å². The number of nitrogens with zero attached hydrogens (tertiary/aromatic N) is 1. The van der Waals surface area contributed by atoms with E-state index in [1.807, 2.05) is 31.0 Å². The molecule has 0 unspecified atom stereocenters. The van der Waals surface area contributed by atoms with Crippen molar-refractivity contribution in [1.29, 1.82) is 0 Å². The minimum atomic E-state index is -1.21. The lowest BCUT2D eigenvalue weighted by Gasteiger charge is -2.16. The lowest BCUT2D eigenvalue weighted by molar-refractivity contribution is -0.122. The largest absolute Gasteiger partial charge is 0.504 e. The Bertz CT molecular complexity index is 1560. The molecule has 198 valence electrons. The highest BCUT2D eigenvalue weighted by atomic mass is 32.2. The molecule has 1 fully saturated rings. The van der Waals surface area contributed by atoms with Gasteiger partial charge < -0.3 is 25.6 Å². The fourth-order valence-electron chi connectivity index (χ4n) is 3.88. The Balaban J connectivity index is 1.63. The molecule has 3 aromatic rings. The van der Waals surface area contributed by atoms with Gasteiger partial charge in [-0.1, -0.05) is 30.0 Å². The van der Waals surface area contributed by atoms with Crippen LogP contribution in [0.3, 0.4) is 0 Å². The Morgan fingerprint density at radius 2 is 1.92 bits per heavy atom. The number of hydrogen-bond acceptors (Lipinski definition) is 9. The second-order valence-corrected chi connectivity index (χ2v) is 9.73. The number of H-pyrrole nitrogens is 2. The van der Waals surface area contributed by atoms with E-state index < -0.39 is 34.3 Å². The summed E-state index contributed by atoms with van der Waals surface area (Å²) in [5, 5.41) is 25.1. The zero-order chi connectivity index (χ0) is 27.6. The summed E-state index contributed by atoms with van der Waals surface area (Å²) < 4.78 is 5.14. The molecule has 1 saturated heterocycles. The highest BCUT2D eigenvalue weighted by Crippen LogP contribution is 2.36. The first-order chi connectivity index (χ1) is 18.1. The monoisotopic (exact) mass is 539 g/mol. The van der Waals surface area contributed by atoms with Gasteiger partial charge in [-0.25, -0.2) is 9.79 Å². The van der Waals surface area contributed by atoms with Gasteiger partial charge in [0.2, 0.25) is 17.7 Å². The van der Waals surface area contributed by atoms with Crippen molar-refractivity contribution >= 4 is 34.4 Å². The van der Waals surface area contributed by atoms with Crippen LogP contribution in [0.5, 0.6) is 17.4 Å². The van der Waals surface area contributed by atoms with E-state index in [4.69, 9.17) is 4.74 Å². The Morgan fingerprint density at radius 1 is 1.16 bits per heavy atom. The van der Waals surface area contributed by atoms with Gasteiger partial charge in [-0.15, -0.1) is 0 Å². The Kier molecular flexibility index (Phi) is 7.57. The molecular weight excluding hydrogens is 514 g/mol. The zero-order valence-electron chi connectivity index (χ0n) is 20.6. The quantitative estimate of drug-likeness (QED) is 0.262. The number of ether oxygens (including phenoxy) is 1. The predicted octanol–water partition coefficient (Wildman–Crippen LogP) is 1.81. The number of anilines is 1. The molecule has 1 aliphatic heterocycles. The number of hydrogen-bond donors (Lipinski definition) is 6. The smallest absolute Gasteiger partial charge is 0.328 e. The Labute approximate surface area is 220 Å². The molecule has 6 N–H and O–H groups in total. The number of methoxy groups -OCH3 is 1. The number of thioether (sulfide) groups is 1. The number of nitrogens with one attached hydrogen (secondary N) is 4. The van der Waals surface area contributed by atoms with Crippen molar-refractivity contribution in [1.82, 2.24) is 15.3 Å². The molecule has 4 rings (SSSR count). The van der Waals surface area contributed by atoms with Crippen molar-refractivity contribution in [3.8, 4) is 17.4 Å². The van der Waals surface area contributed by atoms with Gasteiger partial charge in [0.05, 0.1) is 7.11 Å². The number of aliphatic imine (C=N–C) groups is 1. The second kappa shape index (κ2) is 10.8. The van der Waals surface area contributed by atoms with Gasteiger partial charge in [0, 0.05) is 12.1 Å². The van der Waals surface area contributed by atoms with E-state index in [1.54, 1.807) is 6.07 Å². The normalized spacial score (nSPS) is 16.8. The number of carbonyl (C=O) groups excluding carboxylic acids is 2. The summed E-state index contributed by atoms with van der Waals surface area (Å²) in [6.07, 6.45) is -0.134. The summed E-state index contributed by atoms with van der Waals surface area (Å²) in [7, 11) is 1.34. The molecule has 2 atom stereocenters. The first-order valence-corrected chi connectivity index (χ1v) is 12.3. The molecule has 2 amide bonds. The number of amidine groups is 1. The SMILES string of the molecule is COc1cc([C@H](N=C2NC(=O)[C@H](CC(=O)Nc3cccc(C)c3C)S2)c2c(O)[nH]c(=O)[nH]c2=O)ccc1O. The minimum Gasteiger partial charge on any atom is -0.504 e. The molecule has 2 heterocycles. The molecule has 12 nitrogen and oxygen atoms in total. The first kappa shape index (κ1) is 26.5. The van der Waals surface area contributed by atoms with E-state index >= 15 is 0 Å². The average molecular weight is 540 g/mol. The van der Waals surface area contributed by atoms with Crippen LogP contribution in [0.4, 0.5) is 5.69 Å². The topological polar surface area (TPSA) is 186 Å². The van der Waals surface area contributed by atoms with E-state index in [9.17, 15) is 29.4 Å². The minimum absolute atomic E-state index is 0.0807. The van der Waals surface area contributed by atoms with Gasteiger partial charge >= 0.3 is 5.69 Å². The highest BCUT2D eigenvalue weighted by Gasteiger charge is 2.34. The lowest BCUT2D eigenvalue weighted by Crippen LogP contribution is -2.29. The molecule has 1 aliphatic rings. The van der Waals surface area contributed by atoms with Crippen molar-refractivity contribution in [3.05, 3.63) is 79.5 Å². The molecule has 0 bridgehead atoms. The molecular formula is C25H25N5O7S. The average Bonchev–Trinajstić information content (AvgIpc) is 3.19. The zero-order valence-corrected chi connectivity index (χ0v) is 21.4. The van der Waals surface area contributed by atoms with E-state index in [0.29, 0.717) is 11.3 Å². The summed E-state index contributed by atoms with van der Waals surface area (Å²) in [5.41, 5.74) is 0.798. The summed E-state index contributed by atoms with van der Waals surface area (Å²) >= 11 is 0.993. The Morgan fingerprint density at radius 3 is 2.63 bits per heavy atom. The van der Waals surface area contributed by atoms with Crippen LogP contribution in [0.1, 0.15) is 34.7 Å². The third kappa shape index (κ3) is 5.57. The van der Waals surface area contributed by atoms with Crippen molar-refractivity contribution in [3.63, 3.8) is 0 Å². The van der Waals surface area contributed by atoms with Crippen LogP contribution in [0, 0.1) is 13.8 Å². The number of aromatic amines is 2. The van der Waals surface area contributed by atoms with Gasteiger partial charge in [-0.2, -0.15) is 0 Å². The molecule has 2 aromatic carbocycles. The number of aromatic nitrogens is 2. The first-order valence-electron chi connectivity index (χ1n) is 11.4. The number of carbonyl (C=O) groups is 2. The molecule has 0 aliphatic carbocycles. The number of aromatic hydroxyl groups is 2. The summed E-state index contributed by atoms with van der Waals surface area (Å²) in [6.45, 7) is 3.82. The number of benzene rings is 2. The van der Waals surface area contributed by atoms with Gasteiger partial charge in [-0.05, 0) is 48.7 Å². The number of aryl methyl sites for hydroxylation is 1. The van der Waals surface area contributed by atoms with Gasteiger partial charge in [0.25, 0.3) is 5.56 Å². The molecule has 0 radical (unpaired) electrons. The standard InChI is InChI=1S/C25H25N5O7S/c1-11-5-4-6-14(12(11)2)26-18(32)10-17-21(33)30-25(38-17)27-20(13-7-8-15(31)16(9-13)37-3)19-22(34)28-24(36)29-23(19)35/h4-9,17,20,31H,10H2,1-3H3,(H,26,32)(H,27,30,33)(H3,28,29,34,35,36)/t17-,20-/m0/s1. The molecule has 38 heavy (non-hydrogen) atoms. The van der Waals surface area contributed by atoms with Crippen LogP contribution in [0.15, 0.2) is 51.0 Å². The predicted molar refractivity (Wildman–Crippen MR) is 142 cm³/mol. The van der Waals surface area contributed by atoms with Crippen LogP contribution in [0.2, 0.25) is 0 Å². The van der Waals surface area contributed by atoms with Gasteiger partial charge in [0.15, 0.2) is 16.7 Å². The Hall–Kier alpha value is -4.52. The fourth-order valence-corrected chi connectivity index (χ4v) is 4.88. The van der Waals surface area contributed by atoms with Gasteiger partial charge in [0.1, 0.15) is 16.9 Å². The van der Waals surface area contributed by atoms with E-state index in [-0.39, 0.29) is 34.6 Å². The van der Waals surface area contributed by atoms with E-state index in [2.05, 4.69) is 20.6 Å². The molecule has 0 spiro atoms. The second-order valence-electron chi connectivity index (χ2n) is 8.53. The number of rotatable bonds is 7. The molecule has 0 saturated carbocycles. The number of phenols is 1. The summed E-state index contributed by atoms with van der Waals surface area (Å²) in [4.78, 5) is 58.2. The molecule has 1 aromatic heterocycles. The van der Waals surface area contributed by atoms with Crippen LogP contribution in [0.25, 0.3) is 0 Å². The van der Waals surface area contributed by atoms with Crippen LogP contribution in [-0.2, 0) is 9.59 Å². The summed E-state index contributed by atoms with van der Waals surface area (Å²) in [6, 6.07) is 8.50. The maximum Gasteiger partial charge on any atom is 0.328 e. The lowest BCUT2D eigenvalue weighted by atomic mass is 10.0. The number of phenolic OH excluding ortho intramolecular Hbond substituents is 1. The van der Waals surface area contributed by atoms with Crippen molar-refractivity contribution in [2.75, 3.05) is 12.4 Å². The molecule has 13 heteroatoms.